The van der Waals surface area contributed by atoms with E-state index in [4.69, 9.17) is 9.47 Å². The van der Waals surface area contributed by atoms with E-state index in [1.54, 1.807) is 0 Å². The minimum Gasteiger partial charge on any atom is -0.374 e. The molecule has 2 aromatic rings. The number of hydrogen-bond donors (Lipinski definition) is 0. The van der Waals surface area contributed by atoms with Gasteiger partial charge in [0.2, 0.25) is 0 Å². The molecule has 0 N–H and O–H groups in total. The average molecular weight is 355 g/mol. The highest BCUT2D eigenvalue weighted by atomic mass is 28.3. The van der Waals surface area contributed by atoms with Crippen LogP contribution < -0.4 is 5.19 Å². The summed E-state index contributed by atoms with van der Waals surface area (Å²) >= 11 is 0. The molecule has 3 rings (SSSR count). The molecule has 2 atom stereocenters. The first kappa shape index (κ1) is 18.4. The van der Waals surface area contributed by atoms with Crippen molar-refractivity contribution in [1.29, 1.82) is 0 Å². The number of benzene rings is 2. The monoisotopic (exact) mass is 354 g/mol. The lowest BCUT2D eigenvalue weighted by atomic mass is 10.0. The summed E-state index contributed by atoms with van der Waals surface area (Å²) in [6, 6.07) is 22.5. The average Bonchev–Trinajstić information content (AvgIpc) is 2.97. The van der Waals surface area contributed by atoms with Crippen LogP contribution in [0.2, 0.25) is 19.1 Å². The van der Waals surface area contributed by atoms with Crippen molar-refractivity contribution in [2.75, 3.05) is 6.61 Å². The summed E-state index contributed by atoms with van der Waals surface area (Å²) in [5.41, 5.74) is 1.08. The molecule has 1 aliphatic heterocycles. The highest BCUT2D eigenvalue weighted by molar-refractivity contribution is 6.89. The van der Waals surface area contributed by atoms with E-state index in [-0.39, 0.29) is 5.60 Å². The van der Waals surface area contributed by atoms with Crippen molar-refractivity contribution in [2.24, 2.45) is 0 Å². The lowest BCUT2D eigenvalue weighted by Gasteiger charge is -2.29. The van der Waals surface area contributed by atoms with Crippen LogP contribution in [-0.4, -0.2) is 26.4 Å². The van der Waals surface area contributed by atoms with Gasteiger partial charge in [-0.25, -0.2) is 0 Å². The maximum Gasteiger partial charge on any atom is 0.0891 e. The van der Waals surface area contributed by atoms with Gasteiger partial charge in [-0.1, -0.05) is 78.9 Å². The minimum absolute atomic E-state index is 0.138. The maximum atomic E-state index is 6.45. The molecule has 0 saturated carbocycles. The van der Waals surface area contributed by atoms with Gasteiger partial charge in [0.15, 0.2) is 0 Å². The van der Waals surface area contributed by atoms with Gasteiger partial charge < -0.3 is 9.47 Å². The summed E-state index contributed by atoms with van der Waals surface area (Å²) in [5, 5.41) is 1.52. The second-order valence-corrected chi connectivity index (χ2v) is 12.9. The molecule has 2 nitrogen and oxygen atoms in total. The van der Waals surface area contributed by atoms with E-state index in [1.165, 1.54) is 16.8 Å². The van der Waals surface area contributed by atoms with Crippen molar-refractivity contribution < 1.29 is 9.47 Å². The van der Waals surface area contributed by atoms with Gasteiger partial charge in [-0.3, -0.25) is 0 Å². The van der Waals surface area contributed by atoms with Crippen molar-refractivity contribution in [2.45, 2.75) is 57.2 Å². The molecule has 0 aliphatic carbocycles. The Hall–Kier alpha value is -1.42. The number of rotatable bonds is 7. The second kappa shape index (κ2) is 7.86. The zero-order valence-corrected chi connectivity index (χ0v) is 16.7. The predicted molar refractivity (Wildman–Crippen MR) is 107 cm³/mol. The molecule has 1 fully saturated rings. The Balaban J connectivity index is 1.50. The first-order chi connectivity index (χ1) is 12.0. The minimum atomic E-state index is -1.46. The number of ether oxygens (including phenoxy) is 2. The van der Waals surface area contributed by atoms with Crippen LogP contribution in [0, 0.1) is 0 Å². The fraction of sp³-hybridized carbons (Fsp3) is 0.455. The van der Waals surface area contributed by atoms with Gasteiger partial charge in [-0.15, -0.1) is 0 Å². The van der Waals surface area contributed by atoms with Crippen LogP contribution in [0.25, 0.3) is 0 Å². The Labute approximate surface area is 153 Å². The predicted octanol–water partition coefficient (Wildman–Crippen LogP) is 4.76. The fourth-order valence-corrected chi connectivity index (χ4v) is 6.53. The molecule has 0 spiro atoms. The molecule has 25 heavy (non-hydrogen) atoms. The van der Waals surface area contributed by atoms with Gasteiger partial charge in [0.05, 0.1) is 33.0 Å². The summed E-state index contributed by atoms with van der Waals surface area (Å²) < 4.78 is 12.4. The Morgan fingerprint density at radius 2 is 1.68 bits per heavy atom. The molecule has 1 heterocycles. The SMILES string of the molecule is C[C@]1(COCc2ccccc2)CC[C@@H](C[Si](C)(C)c2ccccc2)O1. The zero-order valence-electron chi connectivity index (χ0n) is 15.7. The standard InChI is InChI=1S/C22H30O2Si/c1-22(18-23-16-19-10-6-4-7-11-19)15-14-20(24-22)17-25(2,3)21-12-8-5-9-13-21/h4-13,20H,14-18H2,1-3H3/t20-,22+/m0/s1. The fourth-order valence-electron chi connectivity index (χ4n) is 3.77. The normalized spacial score (nSPS) is 23.7. The zero-order chi connectivity index (χ0) is 17.8. The number of hydrogen-bond acceptors (Lipinski definition) is 2. The third kappa shape index (κ3) is 5.03. The van der Waals surface area contributed by atoms with Crippen molar-refractivity contribution in [3.8, 4) is 0 Å². The van der Waals surface area contributed by atoms with E-state index in [2.05, 4.69) is 74.6 Å². The molecule has 0 unspecified atom stereocenters. The quantitative estimate of drug-likeness (QED) is 0.668. The van der Waals surface area contributed by atoms with Gasteiger partial charge in [-0.05, 0) is 31.4 Å². The summed E-state index contributed by atoms with van der Waals surface area (Å²) in [6.45, 7) is 8.44. The summed E-state index contributed by atoms with van der Waals surface area (Å²) in [4.78, 5) is 0. The molecular weight excluding hydrogens is 324 g/mol. The third-order valence-corrected chi connectivity index (χ3v) is 8.63. The highest BCUT2D eigenvalue weighted by Gasteiger charge is 2.39. The Kier molecular flexibility index (Phi) is 5.77. The van der Waals surface area contributed by atoms with Gasteiger partial charge in [0.1, 0.15) is 0 Å². The Bertz CT molecular complexity index is 656. The molecule has 0 radical (unpaired) electrons. The first-order valence-electron chi connectivity index (χ1n) is 9.32. The third-order valence-electron chi connectivity index (χ3n) is 5.26. The first-order valence-corrected chi connectivity index (χ1v) is 12.5. The molecule has 0 bridgehead atoms. The molecule has 1 saturated heterocycles. The molecule has 1 aliphatic rings. The highest BCUT2D eigenvalue weighted by Crippen LogP contribution is 2.34. The van der Waals surface area contributed by atoms with Gasteiger partial charge in [0, 0.05) is 0 Å². The van der Waals surface area contributed by atoms with Crippen LogP contribution in [-0.2, 0) is 16.1 Å². The largest absolute Gasteiger partial charge is 0.374 e. The second-order valence-electron chi connectivity index (χ2n) is 8.16. The molecular formula is C22H30O2Si. The van der Waals surface area contributed by atoms with Gasteiger partial charge in [0.25, 0.3) is 0 Å². The van der Waals surface area contributed by atoms with E-state index in [1.807, 2.05) is 6.07 Å². The summed E-state index contributed by atoms with van der Waals surface area (Å²) in [5.74, 6) is 0. The summed E-state index contributed by atoms with van der Waals surface area (Å²) in [7, 11) is -1.46. The van der Waals surface area contributed by atoms with Gasteiger partial charge in [-0.2, -0.15) is 0 Å². The molecule has 134 valence electrons. The lowest BCUT2D eigenvalue weighted by molar-refractivity contribution is -0.0792. The van der Waals surface area contributed by atoms with Crippen LogP contribution in [0.3, 0.4) is 0 Å². The van der Waals surface area contributed by atoms with Crippen LogP contribution in [0.1, 0.15) is 25.3 Å². The van der Waals surface area contributed by atoms with Crippen LogP contribution in [0.4, 0.5) is 0 Å². The van der Waals surface area contributed by atoms with Crippen molar-refractivity contribution in [1.82, 2.24) is 0 Å². The van der Waals surface area contributed by atoms with E-state index in [9.17, 15) is 0 Å². The Morgan fingerprint density at radius 1 is 1.04 bits per heavy atom. The summed E-state index contributed by atoms with van der Waals surface area (Å²) in [6.07, 6.45) is 2.60. The topological polar surface area (TPSA) is 18.5 Å². The van der Waals surface area contributed by atoms with Gasteiger partial charge >= 0.3 is 0 Å². The maximum absolute atomic E-state index is 6.45. The van der Waals surface area contributed by atoms with Crippen LogP contribution >= 0.6 is 0 Å². The smallest absolute Gasteiger partial charge is 0.0891 e. The lowest BCUT2D eigenvalue weighted by Crippen LogP contribution is -2.44. The Morgan fingerprint density at radius 3 is 2.36 bits per heavy atom. The van der Waals surface area contributed by atoms with Crippen molar-refractivity contribution >= 4 is 13.3 Å². The van der Waals surface area contributed by atoms with E-state index >= 15 is 0 Å². The van der Waals surface area contributed by atoms with Crippen molar-refractivity contribution in [3.63, 3.8) is 0 Å². The van der Waals surface area contributed by atoms with Crippen LogP contribution in [0.5, 0.6) is 0 Å². The molecule has 3 heteroatoms. The van der Waals surface area contributed by atoms with Crippen LogP contribution in [0.15, 0.2) is 60.7 Å². The van der Waals surface area contributed by atoms with Crippen molar-refractivity contribution in [3.05, 3.63) is 66.2 Å². The molecule has 2 aromatic carbocycles. The van der Waals surface area contributed by atoms with E-state index < -0.39 is 8.07 Å². The van der Waals surface area contributed by atoms with E-state index in [0.717, 1.165) is 12.8 Å². The molecule has 0 amide bonds. The molecule has 0 aromatic heterocycles. The van der Waals surface area contributed by atoms with E-state index in [0.29, 0.717) is 19.3 Å².